The molecule has 1 heterocycles. The number of morpholine rings is 1. The molecule has 64 valence electrons. The summed E-state index contributed by atoms with van der Waals surface area (Å²) in [5.74, 6) is 0.660. The Labute approximate surface area is 66.7 Å². The van der Waals surface area contributed by atoms with Crippen LogP contribution in [0.15, 0.2) is 0 Å². The van der Waals surface area contributed by atoms with Gasteiger partial charge in [0, 0.05) is 6.54 Å². The molecule has 0 radical (unpaired) electrons. The Kier molecular flexibility index (Phi) is 1.87. The molecule has 0 aromatic rings. The Hall–Kier alpha value is -0.120. The number of hydrogen-bond acceptors (Lipinski definition) is 3. The van der Waals surface area contributed by atoms with Gasteiger partial charge in [-0.1, -0.05) is 0 Å². The molecule has 2 fully saturated rings. The fourth-order valence-corrected chi connectivity index (χ4v) is 1.81. The molecule has 1 aliphatic carbocycles. The van der Waals surface area contributed by atoms with Crippen molar-refractivity contribution in [2.24, 2.45) is 5.92 Å². The van der Waals surface area contributed by atoms with Gasteiger partial charge in [-0.2, -0.15) is 0 Å². The van der Waals surface area contributed by atoms with E-state index in [4.69, 9.17) is 4.74 Å². The maximum Gasteiger partial charge on any atom is 0.0680 e. The predicted octanol–water partition coefficient (Wildman–Crippen LogP) is -0.253. The maximum atomic E-state index is 9.21. The average molecular weight is 157 g/mol. The summed E-state index contributed by atoms with van der Waals surface area (Å²) in [7, 11) is 0. The van der Waals surface area contributed by atoms with Gasteiger partial charge in [0.1, 0.15) is 0 Å². The molecule has 11 heavy (non-hydrogen) atoms. The van der Waals surface area contributed by atoms with E-state index in [-0.39, 0.29) is 12.1 Å². The van der Waals surface area contributed by atoms with Crippen molar-refractivity contribution in [3.05, 3.63) is 0 Å². The highest BCUT2D eigenvalue weighted by Crippen LogP contribution is 2.40. The van der Waals surface area contributed by atoms with E-state index in [9.17, 15) is 5.11 Å². The van der Waals surface area contributed by atoms with E-state index in [0.717, 1.165) is 13.2 Å². The minimum atomic E-state index is -0.0851. The van der Waals surface area contributed by atoms with Gasteiger partial charge in [-0.15, -0.1) is 0 Å². The van der Waals surface area contributed by atoms with Gasteiger partial charge in [0.05, 0.1) is 25.4 Å². The van der Waals surface area contributed by atoms with Crippen LogP contribution in [-0.2, 0) is 4.74 Å². The molecule has 1 aliphatic heterocycles. The Bertz CT molecular complexity index is 139. The Morgan fingerprint density at radius 3 is 2.82 bits per heavy atom. The summed E-state index contributed by atoms with van der Waals surface area (Å²) in [6.45, 7) is 2.58. The van der Waals surface area contributed by atoms with Gasteiger partial charge >= 0.3 is 0 Å². The Balaban J connectivity index is 2.01. The van der Waals surface area contributed by atoms with E-state index >= 15 is 0 Å². The summed E-state index contributed by atoms with van der Waals surface area (Å²) in [6, 6.07) is 0. The van der Waals surface area contributed by atoms with Crippen molar-refractivity contribution in [1.29, 1.82) is 0 Å². The summed E-state index contributed by atoms with van der Waals surface area (Å²) in [4.78, 5) is 0. The molecule has 1 saturated carbocycles. The van der Waals surface area contributed by atoms with E-state index in [1.54, 1.807) is 0 Å². The largest absolute Gasteiger partial charge is 0.394 e. The zero-order chi connectivity index (χ0) is 7.73. The molecule has 1 atom stereocenters. The fraction of sp³-hybridized carbons (Fsp3) is 1.00. The van der Waals surface area contributed by atoms with Crippen molar-refractivity contribution in [2.45, 2.75) is 18.4 Å². The van der Waals surface area contributed by atoms with E-state index in [1.807, 2.05) is 0 Å². The topological polar surface area (TPSA) is 41.5 Å². The predicted molar refractivity (Wildman–Crippen MR) is 41.4 cm³/mol. The number of ether oxygens (including phenoxy) is 1. The molecule has 3 nitrogen and oxygen atoms in total. The van der Waals surface area contributed by atoms with Crippen LogP contribution in [0.1, 0.15) is 12.8 Å². The van der Waals surface area contributed by atoms with E-state index in [0.29, 0.717) is 12.5 Å². The van der Waals surface area contributed by atoms with Gasteiger partial charge in [0.2, 0.25) is 0 Å². The summed E-state index contributed by atoms with van der Waals surface area (Å²) < 4.78 is 5.36. The van der Waals surface area contributed by atoms with E-state index in [2.05, 4.69) is 5.32 Å². The molecule has 1 saturated heterocycles. The lowest BCUT2D eigenvalue weighted by Crippen LogP contribution is -2.58. The Morgan fingerprint density at radius 2 is 2.36 bits per heavy atom. The molecule has 0 aromatic carbocycles. The van der Waals surface area contributed by atoms with Crippen molar-refractivity contribution in [2.75, 3.05) is 26.4 Å². The first-order valence-electron chi connectivity index (χ1n) is 4.31. The Morgan fingerprint density at radius 1 is 1.55 bits per heavy atom. The molecule has 0 unspecified atom stereocenters. The van der Waals surface area contributed by atoms with Gasteiger partial charge in [0.25, 0.3) is 0 Å². The lowest BCUT2D eigenvalue weighted by Gasteiger charge is -2.36. The quantitative estimate of drug-likeness (QED) is 0.580. The summed E-state index contributed by atoms with van der Waals surface area (Å²) in [5.41, 5.74) is -0.0851. The molecule has 2 aliphatic rings. The zero-order valence-electron chi connectivity index (χ0n) is 6.68. The highest BCUT2D eigenvalue weighted by Gasteiger charge is 2.45. The number of aliphatic hydroxyl groups excluding tert-OH is 1. The third kappa shape index (κ3) is 1.28. The molecule has 2 rings (SSSR count). The molecule has 0 aromatic heterocycles. The summed E-state index contributed by atoms with van der Waals surface area (Å²) >= 11 is 0. The standard InChI is InChI=1S/C8H15NO2/c10-5-8(7-1-2-7)6-11-4-3-9-8/h7,9-10H,1-6H2/t8-/m0/s1. The number of aliphatic hydroxyl groups is 1. The monoisotopic (exact) mass is 157 g/mol. The summed E-state index contributed by atoms with van der Waals surface area (Å²) in [5, 5.41) is 12.6. The number of rotatable bonds is 2. The smallest absolute Gasteiger partial charge is 0.0680 e. The SMILES string of the molecule is OC[C@@]1(C2CC2)COCCN1. The first-order chi connectivity index (χ1) is 5.37. The lowest BCUT2D eigenvalue weighted by molar-refractivity contribution is -0.0119. The molecule has 0 amide bonds. The molecular weight excluding hydrogens is 142 g/mol. The van der Waals surface area contributed by atoms with Crippen molar-refractivity contribution in [3.8, 4) is 0 Å². The van der Waals surface area contributed by atoms with Crippen LogP contribution in [0, 0.1) is 5.92 Å². The second-order valence-corrected chi connectivity index (χ2v) is 3.57. The van der Waals surface area contributed by atoms with Gasteiger partial charge < -0.3 is 15.2 Å². The molecular formula is C8H15NO2. The zero-order valence-corrected chi connectivity index (χ0v) is 6.68. The van der Waals surface area contributed by atoms with Gasteiger partial charge in [-0.25, -0.2) is 0 Å². The average Bonchev–Trinajstić information content (AvgIpc) is 2.88. The van der Waals surface area contributed by atoms with Crippen LogP contribution in [0.2, 0.25) is 0 Å². The second kappa shape index (κ2) is 2.73. The molecule has 2 N–H and O–H groups in total. The first kappa shape index (κ1) is 7.53. The second-order valence-electron chi connectivity index (χ2n) is 3.57. The highest BCUT2D eigenvalue weighted by molar-refractivity contribution is 5.02. The minimum absolute atomic E-state index is 0.0851. The van der Waals surface area contributed by atoms with Crippen LogP contribution in [0.4, 0.5) is 0 Å². The van der Waals surface area contributed by atoms with E-state index in [1.165, 1.54) is 12.8 Å². The molecule has 3 heteroatoms. The third-order valence-electron chi connectivity index (χ3n) is 2.72. The van der Waals surface area contributed by atoms with Crippen LogP contribution in [0.5, 0.6) is 0 Å². The van der Waals surface area contributed by atoms with E-state index < -0.39 is 0 Å². The lowest BCUT2D eigenvalue weighted by atomic mass is 9.94. The fourth-order valence-electron chi connectivity index (χ4n) is 1.81. The number of nitrogens with one attached hydrogen (secondary N) is 1. The van der Waals surface area contributed by atoms with Crippen molar-refractivity contribution in [1.82, 2.24) is 5.32 Å². The van der Waals surface area contributed by atoms with Crippen molar-refractivity contribution < 1.29 is 9.84 Å². The summed E-state index contributed by atoms with van der Waals surface area (Å²) in [6.07, 6.45) is 2.49. The molecule has 0 bridgehead atoms. The van der Waals surface area contributed by atoms with Crippen LogP contribution in [0.25, 0.3) is 0 Å². The van der Waals surface area contributed by atoms with Crippen molar-refractivity contribution in [3.63, 3.8) is 0 Å². The highest BCUT2D eigenvalue weighted by atomic mass is 16.5. The van der Waals surface area contributed by atoms with Crippen LogP contribution in [-0.4, -0.2) is 37.0 Å². The van der Waals surface area contributed by atoms with Crippen molar-refractivity contribution >= 4 is 0 Å². The first-order valence-corrected chi connectivity index (χ1v) is 4.31. The maximum absolute atomic E-state index is 9.21. The normalized spacial score (nSPS) is 39.0. The van der Waals surface area contributed by atoms with Crippen LogP contribution in [0.3, 0.4) is 0 Å². The van der Waals surface area contributed by atoms with Gasteiger partial charge in [0.15, 0.2) is 0 Å². The minimum Gasteiger partial charge on any atom is -0.394 e. The number of hydrogen-bond donors (Lipinski definition) is 2. The third-order valence-corrected chi connectivity index (χ3v) is 2.72. The van der Waals surface area contributed by atoms with Crippen LogP contribution >= 0.6 is 0 Å². The van der Waals surface area contributed by atoms with Crippen LogP contribution < -0.4 is 5.32 Å². The van der Waals surface area contributed by atoms with Gasteiger partial charge in [-0.3, -0.25) is 0 Å². The van der Waals surface area contributed by atoms with Gasteiger partial charge in [-0.05, 0) is 18.8 Å². The molecule has 0 spiro atoms.